The number of aromatic nitrogens is 1. The summed E-state index contributed by atoms with van der Waals surface area (Å²) in [5, 5.41) is 3.51. The zero-order valence-corrected chi connectivity index (χ0v) is 10.8. The summed E-state index contributed by atoms with van der Waals surface area (Å²) in [7, 11) is 0. The highest BCUT2D eigenvalue weighted by atomic mass is 35.5. The van der Waals surface area contributed by atoms with Gasteiger partial charge in [-0.2, -0.15) is 0 Å². The van der Waals surface area contributed by atoms with Crippen molar-refractivity contribution in [2.24, 2.45) is 0 Å². The van der Waals surface area contributed by atoms with E-state index in [-0.39, 0.29) is 0 Å². The molecule has 0 unspecified atom stereocenters. The van der Waals surface area contributed by atoms with Crippen molar-refractivity contribution < 1.29 is 4.74 Å². The maximum atomic E-state index is 5.74. The van der Waals surface area contributed by atoms with Crippen LogP contribution in [0.15, 0.2) is 6.20 Å². The Morgan fingerprint density at radius 3 is 3.19 bits per heavy atom. The standard InChI is InChI=1S/C11H17ClN2OS/c12-11-14-7-10(16-11)8-15-6-4-9-3-1-2-5-13-9/h7,9,13H,1-6,8H2/t9-/m0/s1. The SMILES string of the molecule is Clc1ncc(COCC[C@@H]2CCCCN2)s1. The van der Waals surface area contributed by atoms with Gasteiger partial charge in [0.15, 0.2) is 4.47 Å². The zero-order valence-electron chi connectivity index (χ0n) is 9.25. The second-order valence-electron chi connectivity index (χ2n) is 4.07. The van der Waals surface area contributed by atoms with E-state index in [1.54, 1.807) is 6.20 Å². The number of rotatable bonds is 5. The molecule has 2 rings (SSSR count). The smallest absolute Gasteiger partial charge is 0.183 e. The van der Waals surface area contributed by atoms with Crippen molar-refractivity contribution in [1.82, 2.24) is 10.3 Å². The molecule has 0 radical (unpaired) electrons. The highest BCUT2D eigenvalue weighted by molar-refractivity contribution is 7.15. The first-order valence-corrected chi connectivity index (χ1v) is 6.95. The normalized spacial score (nSPS) is 21.2. The molecule has 1 aromatic heterocycles. The van der Waals surface area contributed by atoms with Gasteiger partial charge in [0.05, 0.1) is 11.5 Å². The van der Waals surface area contributed by atoms with Crippen LogP contribution in [0.2, 0.25) is 4.47 Å². The van der Waals surface area contributed by atoms with Crippen LogP contribution in [-0.2, 0) is 11.3 Å². The van der Waals surface area contributed by atoms with Crippen molar-refractivity contribution in [1.29, 1.82) is 0 Å². The second-order valence-corrected chi connectivity index (χ2v) is 5.76. The molecule has 0 amide bonds. The van der Waals surface area contributed by atoms with E-state index in [1.807, 2.05) is 0 Å². The van der Waals surface area contributed by atoms with Crippen LogP contribution in [-0.4, -0.2) is 24.2 Å². The summed E-state index contributed by atoms with van der Waals surface area (Å²) in [5.41, 5.74) is 0. The molecule has 1 aliphatic heterocycles. The zero-order chi connectivity index (χ0) is 11.2. The highest BCUT2D eigenvalue weighted by Crippen LogP contribution is 2.18. The molecule has 0 spiro atoms. The first-order valence-electron chi connectivity index (χ1n) is 5.76. The van der Waals surface area contributed by atoms with Gasteiger partial charge >= 0.3 is 0 Å². The van der Waals surface area contributed by atoms with Crippen LogP contribution < -0.4 is 5.32 Å². The Labute approximate surface area is 105 Å². The Kier molecular flexibility index (Phi) is 5.03. The molecule has 2 heterocycles. The Balaban J connectivity index is 1.57. The molecule has 0 aromatic carbocycles. The molecule has 5 heteroatoms. The van der Waals surface area contributed by atoms with E-state index in [4.69, 9.17) is 16.3 Å². The number of halogens is 1. The van der Waals surface area contributed by atoms with E-state index in [0.717, 1.165) is 24.4 Å². The maximum absolute atomic E-state index is 5.74. The summed E-state index contributed by atoms with van der Waals surface area (Å²) in [6.07, 6.45) is 6.84. The van der Waals surface area contributed by atoms with Gasteiger partial charge in [-0.1, -0.05) is 18.0 Å². The summed E-state index contributed by atoms with van der Waals surface area (Å²) >= 11 is 7.22. The monoisotopic (exact) mass is 260 g/mol. The van der Waals surface area contributed by atoms with E-state index < -0.39 is 0 Å². The molecule has 16 heavy (non-hydrogen) atoms. The molecule has 1 aromatic rings. The first kappa shape index (κ1) is 12.3. The molecule has 0 saturated carbocycles. The van der Waals surface area contributed by atoms with E-state index in [1.165, 1.54) is 30.6 Å². The third-order valence-corrected chi connectivity index (χ3v) is 3.88. The maximum Gasteiger partial charge on any atom is 0.183 e. The van der Waals surface area contributed by atoms with E-state index in [2.05, 4.69) is 10.3 Å². The average molecular weight is 261 g/mol. The lowest BCUT2D eigenvalue weighted by molar-refractivity contribution is 0.110. The molecule has 1 N–H and O–H groups in total. The number of piperidine rings is 1. The Hall–Kier alpha value is -0.160. The van der Waals surface area contributed by atoms with E-state index in [0.29, 0.717) is 17.1 Å². The summed E-state index contributed by atoms with van der Waals surface area (Å²) in [5.74, 6) is 0. The van der Waals surface area contributed by atoms with E-state index in [9.17, 15) is 0 Å². The highest BCUT2D eigenvalue weighted by Gasteiger charge is 2.11. The molecule has 1 atom stereocenters. The molecule has 3 nitrogen and oxygen atoms in total. The fraction of sp³-hybridized carbons (Fsp3) is 0.727. The number of ether oxygens (including phenoxy) is 1. The minimum atomic E-state index is 0.590. The Morgan fingerprint density at radius 1 is 1.56 bits per heavy atom. The van der Waals surface area contributed by atoms with Gasteiger partial charge in [0, 0.05) is 18.8 Å². The lowest BCUT2D eigenvalue weighted by atomic mass is 10.0. The fourth-order valence-corrected chi connectivity index (χ4v) is 2.83. The van der Waals surface area contributed by atoms with Gasteiger partial charge in [-0.3, -0.25) is 0 Å². The Bertz CT molecular complexity index is 313. The summed E-state index contributed by atoms with van der Waals surface area (Å²) < 4.78 is 6.20. The molecule has 1 aliphatic rings. The average Bonchev–Trinajstić information content (AvgIpc) is 2.72. The second kappa shape index (κ2) is 6.55. The quantitative estimate of drug-likeness (QED) is 0.827. The van der Waals surface area contributed by atoms with Crippen LogP contribution in [0, 0.1) is 0 Å². The lowest BCUT2D eigenvalue weighted by Crippen LogP contribution is -2.34. The van der Waals surface area contributed by atoms with E-state index >= 15 is 0 Å². The number of thiazole rings is 1. The van der Waals surface area contributed by atoms with Crippen LogP contribution in [0.25, 0.3) is 0 Å². The predicted molar refractivity (Wildman–Crippen MR) is 67.0 cm³/mol. The third-order valence-electron chi connectivity index (χ3n) is 2.79. The minimum absolute atomic E-state index is 0.590. The van der Waals surface area contributed by atoms with Gasteiger partial charge in [0.25, 0.3) is 0 Å². The summed E-state index contributed by atoms with van der Waals surface area (Å²) in [6.45, 7) is 2.61. The van der Waals surface area contributed by atoms with Crippen molar-refractivity contribution in [3.63, 3.8) is 0 Å². The molecule has 0 aliphatic carbocycles. The lowest BCUT2D eigenvalue weighted by Gasteiger charge is -2.23. The molecule has 90 valence electrons. The molecule has 0 bridgehead atoms. The number of hydrogen-bond donors (Lipinski definition) is 1. The van der Waals surface area contributed by atoms with Crippen molar-refractivity contribution in [2.75, 3.05) is 13.2 Å². The van der Waals surface area contributed by atoms with Crippen LogP contribution >= 0.6 is 22.9 Å². The van der Waals surface area contributed by atoms with Gasteiger partial charge in [-0.15, -0.1) is 11.3 Å². The molecular formula is C11H17ClN2OS. The van der Waals surface area contributed by atoms with Crippen LogP contribution in [0.4, 0.5) is 0 Å². The first-order chi connectivity index (χ1) is 7.84. The summed E-state index contributed by atoms with van der Waals surface area (Å²) in [4.78, 5) is 5.08. The fourth-order valence-electron chi connectivity index (χ4n) is 1.92. The minimum Gasteiger partial charge on any atom is -0.376 e. The van der Waals surface area contributed by atoms with Crippen molar-refractivity contribution >= 4 is 22.9 Å². The molecule has 1 saturated heterocycles. The van der Waals surface area contributed by atoms with Crippen LogP contribution in [0.1, 0.15) is 30.6 Å². The van der Waals surface area contributed by atoms with Gasteiger partial charge in [-0.25, -0.2) is 4.98 Å². The Morgan fingerprint density at radius 2 is 2.50 bits per heavy atom. The van der Waals surface area contributed by atoms with Gasteiger partial charge < -0.3 is 10.1 Å². The number of hydrogen-bond acceptors (Lipinski definition) is 4. The van der Waals surface area contributed by atoms with Crippen LogP contribution in [0.5, 0.6) is 0 Å². The topological polar surface area (TPSA) is 34.1 Å². The molecule has 1 fully saturated rings. The largest absolute Gasteiger partial charge is 0.376 e. The summed E-state index contributed by atoms with van der Waals surface area (Å²) in [6, 6.07) is 0.652. The number of nitrogens with one attached hydrogen (secondary N) is 1. The molecular weight excluding hydrogens is 244 g/mol. The van der Waals surface area contributed by atoms with Crippen molar-refractivity contribution in [3.8, 4) is 0 Å². The van der Waals surface area contributed by atoms with Crippen molar-refractivity contribution in [2.45, 2.75) is 38.3 Å². The predicted octanol–water partition coefficient (Wildman–Crippen LogP) is 2.85. The van der Waals surface area contributed by atoms with Crippen molar-refractivity contribution in [3.05, 3.63) is 15.5 Å². The van der Waals surface area contributed by atoms with Gasteiger partial charge in [0.2, 0.25) is 0 Å². The van der Waals surface area contributed by atoms with Gasteiger partial charge in [0.1, 0.15) is 0 Å². The van der Waals surface area contributed by atoms with Gasteiger partial charge in [-0.05, 0) is 25.8 Å². The van der Waals surface area contributed by atoms with Crippen LogP contribution in [0.3, 0.4) is 0 Å². The third kappa shape index (κ3) is 4.01. The number of nitrogens with zero attached hydrogens (tertiary/aromatic N) is 1.